The Kier molecular flexibility index (Phi) is 7.19. The van der Waals surface area contributed by atoms with E-state index < -0.39 is 0 Å². The number of para-hydroxylation sites is 1. The van der Waals surface area contributed by atoms with Gasteiger partial charge in [0.05, 0.1) is 17.0 Å². The zero-order chi connectivity index (χ0) is 23.2. The number of benzene rings is 1. The lowest BCUT2D eigenvalue weighted by atomic mass is 10.1. The summed E-state index contributed by atoms with van der Waals surface area (Å²) in [5.41, 5.74) is 4.25. The third kappa shape index (κ3) is 5.31. The summed E-state index contributed by atoms with van der Waals surface area (Å²) < 4.78 is 8.17. The molecule has 8 heteroatoms. The number of ether oxygens (including phenoxy) is 1. The second-order valence-electron chi connectivity index (χ2n) is 7.83. The lowest BCUT2D eigenvalue weighted by molar-refractivity contribution is -0.121. The fourth-order valence-corrected chi connectivity index (χ4v) is 3.88. The molecule has 0 aliphatic heterocycles. The minimum atomic E-state index is 0.0180. The number of pyridine rings is 2. The standard InChI is InChI=1S/C25H26ClN5O2/c1-3-4-8-24(32)29-13-18-12-28-14-21(26)20(18)15-33-23-7-5-6-19-22(31-10-9-27-16-31)11-17(2)30-25(19)23/h5-7,9-12,14,16H,3-4,8,13,15H2,1-2H3,(H,29,32). The predicted octanol–water partition coefficient (Wildman–Crippen LogP) is 5.16. The van der Waals surface area contributed by atoms with Crippen molar-refractivity contribution in [2.24, 2.45) is 0 Å². The predicted molar refractivity (Wildman–Crippen MR) is 129 cm³/mol. The third-order valence-corrected chi connectivity index (χ3v) is 5.72. The maximum atomic E-state index is 12.0. The highest BCUT2D eigenvalue weighted by Gasteiger charge is 2.14. The van der Waals surface area contributed by atoms with Gasteiger partial charge in [-0.2, -0.15) is 0 Å². The van der Waals surface area contributed by atoms with Gasteiger partial charge in [0, 0.05) is 54.4 Å². The lowest BCUT2D eigenvalue weighted by Gasteiger charge is -2.15. The molecule has 1 amide bonds. The lowest BCUT2D eigenvalue weighted by Crippen LogP contribution is -2.23. The van der Waals surface area contributed by atoms with E-state index in [1.165, 1.54) is 0 Å². The fourth-order valence-electron chi connectivity index (χ4n) is 3.65. The van der Waals surface area contributed by atoms with Crippen molar-refractivity contribution >= 4 is 28.4 Å². The van der Waals surface area contributed by atoms with Gasteiger partial charge in [0.15, 0.2) is 0 Å². The number of halogens is 1. The molecule has 0 aliphatic rings. The number of fused-ring (bicyclic) bond motifs is 1. The number of imidazole rings is 1. The molecule has 1 aromatic carbocycles. The molecule has 0 spiro atoms. The molecule has 0 atom stereocenters. The first-order valence-electron chi connectivity index (χ1n) is 11.0. The molecule has 4 rings (SSSR count). The second-order valence-corrected chi connectivity index (χ2v) is 8.24. The summed E-state index contributed by atoms with van der Waals surface area (Å²) >= 11 is 6.45. The first-order valence-corrected chi connectivity index (χ1v) is 11.3. The number of nitrogens with zero attached hydrogens (tertiary/aromatic N) is 4. The number of hydrogen-bond donors (Lipinski definition) is 1. The molecular weight excluding hydrogens is 438 g/mol. The quantitative estimate of drug-likeness (QED) is 0.370. The molecule has 4 aromatic rings. The van der Waals surface area contributed by atoms with Gasteiger partial charge in [0.25, 0.3) is 0 Å². The van der Waals surface area contributed by atoms with E-state index in [2.05, 4.69) is 22.2 Å². The van der Waals surface area contributed by atoms with Crippen LogP contribution >= 0.6 is 11.6 Å². The van der Waals surface area contributed by atoms with Crippen LogP contribution in [0.3, 0.4) is 0 Å². The number of unbranched alkanes of at least 4 members (excludes halogenated alkanes) is 1. The summed E-state index contributed by atoms with van der Waals surface area (Å²) in [5.74, 6) is 0.674. The number of amides is 1. The number of nitrogens with one attached hydrogen (secondary N) is 1. The van der Waals surface area contributed by atoms with E-state index in [1.54, 1.807) is 24.9 Å². The summed E-state index contributed by atoms with van der Waals surface area (Å²) in [6.07, 6.45) is 11.1. The van der Waals surface area contributed by atoms with Crippen molar-refractivity contribution in [1.82, 2.24) is 24.8 Å². The number of carbonyl (C=O) groups is 1. The summed E-state index contributed by atoms with van der Waals surface area (Å²) in [4.78, 5) is 25.1. The molecule has 0 aliphatic carbocycles. The summed E-state index contributed by atoms with van der Waals surface area (Å²) in [6, 6.07) is 7.87. The zero-order valence-electron chi connectivity index (χ0n) is 18.7. The minimum Gasteiger partial charge on any atom is -0.487 e. The van der Waals surface area contributed by atoms with Gasteiger partial charge in [-0.3, -0.25) is 9.78 Å². The number of hydrogen-bond acceptors (Lipinski definition) is 5. The second kappa shape index (κ2) is 10.4. The number of rotatable bonds is 9. The van der Waals surface area contributed by atoms with E-state index in [0.29, 0.717) is 23.7 Å². The van der Waals surface area contributed by atoms with Gasteiger partial charge in [-0.15, -0.1) is 0 Å². The Morgan fingerprint density at radius 3 is 2.91 bits per heavy atom. The van der Waals surface area contributed by atoms with Crippen LogP contribution in [0.2, 0.25) is 5.02 Å². The number of aromatic nitrogens is 4. The summed E-state index contributed by atoms with van der Waals surface area (Å²) in [7, 11) is 0. The Morgan fingerprint density at radius 1 is 1.24 bits per heavy atom. The van der Waals surface area contributed by atoms with Crippen molar-refractivity contribution in [3.05, 3.63) is 77.2 Å². The topological polar surface area (TPSA) is 81.9 Å². The SMILES string of the molecule is CCCCC(=O)NCc1cncc(Cl)c1COc1cccc2c(-n3ccnc3)cc(C)nc12. The molecular formula is C25H26ClN5O2. The van der Waals surface area contributed by atoms with Gasteiger partial charge in [0.2, 0.25) is 5.91 Å². The largest absolute Gasteiger partial charge is 0.487 e. The van der Waals surface area contributed by atoms with Crippen LogP contribution in [0.5, 0.6) is 5.75 Å². The number of aryl methyl sites for hydroxylation is 1. The molecule has 7 nitrogen and oxygen atoms in total. The average Bonchev–Trinajstić information content (AvgIpc) is 3.35. The fraction of sp³-hybridized carbons (Fsp3) is 0.280. The molecule has 33 heavy (non-hydrogen) atoms. The normalized spacial score (nSPS) is 11.0. The number of carbonyl (C=O) groups excluding carboxylic acids is 1. The van der Waals surface area contributed by atoms with Gasteiger partial charge < -0.3 is 14.6 Å². The van der Waals surface area contributed by atoms with Crippen LogP contribution in [0.4, 0.5) is 0 Å². The molecule has 0 saturated heterocycles. The maximum Gasteiger partial charge on any atom is 0.220 e. The van der Waals surface area contributed by atoms with Crippen molar-refractivity contribution in [1.29, 1.82) is 0 Å². The monoisotopic (exact) mass is 463 g/mol. The van der Waals surface area contributed by atoms with Gasteiger partial charge in [0.1, 0.15) is 17.9 Å². The van der Waals surface area contributed by atoms with Crippen molar-refractivity contribution in [2.75, 3.05) is 0 Å². The highest BCUT2D eigenvalue weighted by atomic mass is 35.5. The van der Waals surface area contributed by atoms with Crippen LogP contribution in [-0.2, 0) is 17.9 Å². The van der Waals surface area contributed by atoms with E-state index in [1.807, 2.05) is 42.0 Å². The minimum absolute atomic E-state index is 0.0180. The third-order valence-electron chi connectivity index (χ3n) is 5.39. The molecule has 170 valence electrons. The van der Waals surface area contributed by atoms with Gasteiger partial charge in [-0.1, -0.05) is 37.1 Å². The molecule has 0 saturated carbocycles. The molecule has 3 heterocycles. The van der Waals surface area contributed by atoms with E-state index in [4.69, 9.17) is 21.3 Å². The molecule has 0 bridgehead atoms. The van der Waals surface area contributed by atoms with Crippen molar-refractivity contribution < 1.29 is 9.53 Å². The first-order chi connectivity index (χ1) is 16.1. The Bertz CT molecular complexity index is 1260. The summed E-state index contributed by atoms with van der Waals surface area (Å²) in [6.45, 7) is 4.60. The molecule has 0 unspecified atom stereocenters. The van der Waals surface area contributed by atoms with E-state index in [9.17, 15) is 4.79 Å². The van der Waals surface area contributed by atoms with Gasteiger partial charge in [-0.25, -0.2) is 9.97 Å². The maximum absolute atomic E-state index is 12.0. The van der Waals surface area contributed by atoms with Crippen LogP contribution < -0.4 is 10.1 Å². The van der Waals surface area contributed by atoms with Crippen LogP contribution in [-0.4, -0.2) is 25.4 Å². The Hall–Kier alpha value is -3.45. The Balaban J connectivity index is 1.59. The molecule has 1 N–H and O–H groups in total. The highest BCUT2D eigenvalue weighted by Crippen LogP contribution is 2.30. The first kappa shape index (κ1) is 22.7. The smallest absolute Gasteiger partial charge is 0.220 e. The van der Waals surface area contributed by atoms with E-state index in [-0.39, 0.29) is 12.5 Å². The van der Waals surface area contributed by atoms with Crippen molar-refractivity contribution in [3.8, 4) is 11.4 Å². The summed E-state index contributed by atoms with van der Waals surface area (Å²) in [5, 5.41) is 4.40. The van der Waals surface area contributed by atoms with Crippen LogP contribution in [0.1, 0.15) is 43.0 Å². The molecule has 3 aromatic heterocycles. The van der Waals surface area contributed by atoms with Crippen LogP contribution in [0, 0.1) is 6.92 Å². The van der Waals surface area contributed by atoms with Crippen LogP contribution in [0.15, 0.2) is 55.4 Å². The van der Waals surface area contributed by atoms with Gasteiger partial charge in [-0.05, 0) is 31.0 Å². The van der Waals surface area contributed by atoms with Crippen LogP contribution in [0.25, 0.3) is 16.6 Å². The Morgan fingerprint density at radius 2 is 2.12 bits per heavy atom. The molecule has 0 radical (unpaired) electrons. The average molecular weight is 464 g/mol. The van der Waals surface area contributed by atoms with Crippen molar-refractivity contribution in [2.45, 2.75) is 46.3 Å². The zero-order valence-corrected chi connectivity index (χ0v) is 19.5. The Labute approximate surface area is 197 Å². The van der Waals surface area contributed by atoms with E-state index >= 15 is 0 Å². The van der Waals surface area contributed by atoms with Gasteiger partial charge >= 0.3 is 0 Å². The van der Waals surface area contributed by atoms with Crippen molar-refractivity contribution in [3.63, 3.8) is 0 Å². The molecule has 0 fully saturated rings. The highest BCUT2D eigenvalue weighted by molar-refractivity contribution is 6.31. The van der Waals surface area contributed by atoms with E-state index in [0.717, 1.165) is 46.3 Å².